The molecule has 278 valence electrons. The topological polar surface area (TPSA) is 95.9 Å². The molecular formula is C43H64ClNO5. The molecule has 1 aromatic rings. The number of carboxylic acids is 1. The van der Waals surface area contributed by atoms with Crippen LogP contribution in [0.3, 0.4) is 0 Å². The highest BCUT2D eigenvalue weighted by molar-refractivity contribution is 6.30. The summed E-state index contributed by atoms with van der Waals surface area (Å²) in [5, 5.41) is 26.0. The summed E-state index contributed by atoms with van der Waals surface area (Å²) in [5.41, 5.74) is 3.41. The Kier molecular flexibility index (Phi) is 10.2. The first kappa shape index (κ1) is 37.9. The number of allylic oxidation sites excluding steroid dienone is 1. The number of hydrogen-bond donors (Lipinski definition) is 3. The number of fused-ring (bicyclic) bond motifs is 7. The minimum Gasteiger partial charge on any atom is -0.481 e. The molecule has 0 spiro atoms. The van der Waals surface area contributed by atoms with Gasteiger partial charge in [-0.2, -0.15) is 0 Å². The first-order valence-electron chi connectivity index (χ1n) is 19.7. The van der Waals surface area contributed by atoms with E-state index in [4.69, 9.17) is 16.3 Å². The number of rotatable bonds is 10. The zero-order valence-corrected chi connectivity index (χ0v) is 32.8. The Hall–Kier alpha value is -1.89. The zero-order valence-electron chi connectivity index (χ0n) is 32.0. The normalized spacial score (nSPS) is 37.0. The van der Waals surface area contributed by atoms with Gasteiger partial charge in [0.1, 0.15) is 6.10 Å². The van der Waals surface area contributed by atoms with Crippen LogP contribution >= 0.6 is 11.6 Å². The lowest BCUT2D eigenvalue weighted by Crippen LogP contribution is -2.63. The second-order valence-electron chi connectivity index (χ2n) is 19.2. The van der Waals surface area contributed by atoms with Crippen molar-refractivity contribution in [1.29, 1.82) is 0 Å². The van der Waals surface area contributed by atoms with Crippen LogP contribution in [0.15, 0.2) is 35.4 Å². The number of carboxylic acid groups (broad SMARTS) is 1. The lowest BCUT2D eigenvalue weighted by atomic mass is 9.36. The predicted molar refractivity (Wildman–Crippen MR) is 200 cm³/mol. The van der Waals surface area contributed by atoms with Gasteiger partial charge in [-0.1, -0.05) is 76.4 Å². The number of aliphatic hydroxyl groups is 1. The molecule has 50 heavy (non-hydrogen) atoms. The van der Waals surface area contributed by atoms with E-state index in [1.54, 1.807) is 25.0 Å². The van der Waals surface area contributed by atoms with E-state index in [1.807, 2.05) is 12.1 Å². The van der Waals surface area contributed by atoms with Crippen LogP contribution in [0.5, 0.6) is 0 Å². The number of esters is 1. The van der Waals surface area contributed by atoms with Crippen molar-refractivity contribution in [2.24, 2.45) is 56.7 Å². The molecule has 0 saturated heterocycles. The van der Waals surface area contributed by atoms with Crippen LogP contribution in [-0.4, -0.2) is 40.9 Å². The molecule has 1 aromatic carbocycles. The summed E-state index contributed by atoms with van der Waals surface area (Å²) in [5.74, 6) is 1.36. The maximum Gasteiger partial charge on any atom is 0.309 e. The van der Waals surface area contributed by atoms with Crippen LogP contribution < -0.4 is 5.32 Å². The van der Waals surface area contributed by atoms with E-state index >= 15 is 0 Å². The molecule has 0 heterocycles. The van der Waals surface area contributed by atoms with Crippen molar-refractivity contribution in [1.82, 2.24) is 5.32 Å². The van der Waals surface area contributed by atoms with Gasteiger partial charge in [0, 0.05) is 28.9 Å². The van der Waals surface area contributed by atoms with Crippen LogP contribution in [0.25, 0.3) is 0 Å². The van der Waals surface area contributed by atoms with Crippen molar-refractivity contribution in [2.45, 2.75) is 145 Å². The molecule has 5 aliphatic rings. The third-order valence-electron chi connectivity index (χ3n) is 15.5. The highest BCUT2D eigenvalue weighted by Crippen LogP contribution is 2.73. The Morgan fingerprint density at radius 1 is 0.940 bits per heavy atom. The first-order chi connectivity index (χ1) is 23.4. The van der Waals surface area contributed by atoms with Crippen molar-refractivity contribution in [3.63, 3.8) is 0 Å². The molecule has 0 radical (unpaired) electrons. The maximum atomic E-state index is 13.1. The zero-order chi connectivity index (χ0) is 36.4. The molecule has 9 unspecified atom stereocenters. The minimum atomic E-state index is -1.14. The lowest BCUT2D eigenvalue weighted by Gasteiger charge is -2.69. The Morgan fingerprint density at radius 3 is 2.28 bits per heavy atom. The van der Waals surface area contributed by atoms with E-state index in [-0.39, 0.29) is 40.2 Å². The van der Waals surface area contributed by atoms with Crippen LogP contribution in [-0.2, 0) is 20.9 Å². The summed E-state index contributed by atoms with van der Waals surface area (Å²) < 4.78 is 6.16. The number of aliphatic carboxylic acids is 1. The van der Waals surface area contributed by atoms with Gasteiger partial charge >= 0.3 is 11.9 Å². The molecule has 4 saturated carbocycles. The van der Waals surface area contributed by atoms with Gasteiger partial charge in [0.05, 0.1) is 17.9 Å². The van der Waals surface area contributed by atoms with E-state index < -0.39 is 17.5 Å². The molecule has 4 fully saturated rings. The SMILES string of the molecule is CC(C)C1=C2C3CCC4C(C)(CCC5C(C)(C)C(OC(=O)CC(C)(C)C(=O)O)CCC54C)C3CCC2(C(O)CNCc2ccc(Cl)cc2)CC1. The molecule has 7 heteroatoms. The number of carbonyl (C=O) groups is 2. The summed E-state index contributed by atoms with van der Waals surface area (Å²) in [4.78, 5) is 24.8. The van der Waals surface area contributed by atoms with E-state index in [0.717, 1.165) is 50.1 Å². The van der Waals surface area contributed by atoms with Gasteiger partial charge in [0.2, 0.25) is 0 Å². The number of nitrogens with one attached hydrogen (secondary N) is 1. The molecule has 0 bridgehead atoms. The summed E-state index contributed by atoms with van der Waals surface area (Å²) in [7, 11) is 0. The summed E-state index contributed by atoms with van der Waals surface area (Å²) in [6, 6.07) is 7.97. The molecule has 0 amide bonds. The van der Waals surface area contributed by atoms with Crippen molar-refractivity contribution >= 4 is 23.5 Å². The van der Waals surface area contributed by atoms with Gasteiger partial charge in [0.25, 0.3) is 0 Å². The Labute approximate surface area is 306 Å². The van der Waals surface area contributed by atoms with Crippen LogP contribution in [0.4, 0.5) is 0 Å². The number of ether oxygens (including phenoxy) is 1. The number of carbonyl (C=O) groups excluding carboxylic acids is 1. The minimum absolute atomic E-state index is 0.108. The van der Waals surface area contributed by atoms with Crippen LogP contribution in [0.1, 0.15) is 132 Å². The molecular weight excluding hydrogens is 646 g/mol. The molecule has 6 rings (SSSR count). The monoisotopic (exact) mass is 709 g/mol. The van der Waals surface area contributed by atoms with Crippen LogP contribution in [0, 0.1) is 56.7 Å². The lowest BCUT2D eigenvalue weighted by molar-refractivity contribution is -0.214. The van der Waals surface area contributed by atoms with Crippen molar-refractivity contribution in [2.75, 3.05) is 6.54 Å². The Morgan fingerprint density at radius 2 is 1.62 bits per heavy atom. The third-order valence-corrected chi connectivity index (χ3v) is 15.7. The van der Waals surface area contributed by atoms with E-state index in [2.05, 4.69) is 59.0 Å². The molecule has 0 aliphatic heterocycles. The fraction of sp³-hybridized carbons (Fsp3) is 0.767. The fourth-order valence-electron chi connectivity index (χ4n) is 12.9. The summed E-state index contributed by atoms with van der Waals surface area (Å²) in [6.07, 6.45) is 10.4. The van der Waals surface area contributed by atoms with Gasteiger partial charge in [0.15, 0.2) is 0 Å². The summed E-state index contributed by atoms with van der Waals surface area (Å²) >= 11 is 6.11. The molecule has 6 nitrogen and oxygen atoms in total. The van der Waals surface area contributed by atoms with Gasteiger partial charge in [-0.15, -0.1) is 0 Å². The number of hydrogen-bond acceptors (Lipinski definition) is 5. The van der Waals surface area contributed by atoms with Gasteiger partial charge in [-0.25, -0.2) is 0 Å². The summed E-state index contributed by atoms with van der Waals surface area (Å²) in [6.45, 7) is 19.0. The van der Waals surface area contributed by atoms with Crippen molar-refractivity contribution < 1.29 is 24.5 Å². The number of aliphatic hydroxyl groups excluding tert-OH is 1. The van der Waals surface area contributed by atoms with E-state index in [9.17, 15) is 19.8 Å². The average molecular weight is 710 g/mol. The van der Waals surface area contributed by atoms with Gasteiger partial charge in [-0.05, 0) is 136 Å². The largest absolute Gasteiger partial charge is 0.481 e. The standard InChI is InChI=1S/C43H64ClNO5/c1-26(2)29-15-21-43(34(46)25-45-24-27-9-11-28(44)12-10-27)22-16-31-30(37(29)43)13-14-33-41(31,7)19-17-32-40(5,6)35(18-20-42(32,33)8)50-36(47)23-39(3,4)38(48)49/h9-12,26,30-35,45-46H,13-25H2,1-8H3,(H,48,49). The molecule has 9 atom stereocenters. The highest BCUT2D eigenvalue weighted by Gasteiger charge is 2.66. The average Bonchev–Trinajstić information content (AvgIpc) is 3.45. The number of benzene rings is 1. The number of halogens is 1. The third kappa shape index (κ3) is 6.29. The predicted octanol–water partition coefficient (Wildman–Crippen LogP) is 9.61. The smallest absolute Gasteiger partial charge is 0.309 e. The fourth-order valence-corrected chi connectivity index (χ4v) is 13.0. The van der Waals surface area contributed by atoms with Gasteiger partial charge in [-0.3, -0.25) is 9.59 Å². The second-order valence-corrected chi connectivity index (χ2v) is 19.6. The van der Waals surface area contributed by atoms with Crippen LogP contribution in [0.2, 0.25) is 5.02 Å². The molecule has 5 aliphatic carbocycles. The van der Waals surface area contributed by atoms with Crippen molar-refractivity contribution in [3.05, 3.63) is 46.0 Å². The van der Waals surface area contributed by atoms with Gasteiger partial charge < -0.3 is 20.3 Å². The first-order valence-corrected chi connectivity index (χ1v) is 20.0. The maximum absolute atomic E-state index is 13.1. The Bertz CT molecular complexity index is 1480. The van der Waals surface area contributed by atoms with E-state index in [0.29, 0.717) is 36.1 Å². The Balaban J connectivity index is 1.20. The highest BCUT2D eigenvalue weighted by atomic mass is 35.5. The molecule has 0 aromatic heterocycles. The molecule has 3 N–H and O–H groups in total. The van der Waals surface area contributed by atoms with E-state index in [1.165, 1.54) is 31.2 Å². The quantitative estimate of drug-likeness (QED) is 0.165. The van der Waals surface area contributed by atoms with Crippen molar-refractivity contribution in [3.8, 4) is 0 Å². The second kappa shape index (κ2) is 13.5.